The standard InChI is InChI=1S/C13H12N2O4/c14-7-9-1-3-10(4-2-9)19-8-11(16)15-13(5-6-13)12(17)18/h1-4H,5-6,8H2,(H,15,16)(H,17,18). The first-order valence-corrected chi connectivity index (χ1v) is 5.73. The van der Waals surface area contributed by atoms with Gasteiger partial charge in [-0.2, -0.15) is 5.26 Å². The molecule has 2 rings (SSSR count). The van der Waals surface area contributed by atoms with Crippen molar-refractivity contribution in [3.63, 3.8) is 0 Å². The molecule has 1 saturated carbocycles. The summed E-state index contributed by atoms with van der Waals surface area (Å²) in [4.78, 5) is 22.4. The number of hydrogen-bond donors (Lipinski definition) is 2. The second-order valence-corrected chi connectivity index (χ2v) is 4.36. The maximum atomic E-state index is 11.5. The van der Waals surface area contributed by atoms with Crippen LogP contribution in [0.5, 0.6) is 5.75 Å². The molecule has 2 N–H and O–H groups in total. The quantitative estimate of drug-likeness (QED) is 0.810. The molecule has 6 heteroatoms. The Morgan fingerprint density at radius 3 is 2.47 bits per heavy atom. The number of nitrogens with zero attached hydrogens (tertiary/aromatic N) is 1. The van der Waals surface area contributed by atoms with Gasteiger partial charge in [-0.3, -0.25) is 4.79 Å². The molecule has 0 saturated heterocycles. The van der Waals surface area contributed by atoms with Gasteiger partial charge in [0.05, 0.1) is 11.6 Å². The van der Waals surface area contributed by atoms with Crippen molar-refractivity contribution in [2.24, 2.45) is 0 Å². The van der Waals surface area contributed by atoms with Gasteiger partial charge in [-0.1, -0.05) is 0 Å². The Kier molecular flexibility index (Phi) is 3.38. The number of benzene rings is 1. The van der Waals surface area contributed by atoms with Gasteiger partial charge in [-0.05, 0) is 37.1 Å². The largest absolute Gasteiger partial charge is 0.484 e. The minimum Gasteiger partial charge on any atom is -0.484 e. The highest BCUT2D eigenvalue weighted by molar-refractivity contribution is 5.90. The molecule has 1 aliphatic rings. The molecule has 0 bridgehead atoms. The lowest BCUT2D eigenvalue weighted by Gasteiger charge is -2.12. The van der Waals surface area contributed by atoms with Crippen molar-refractivity contribution in [3.8, 4) is 11.8 Å². The number of hydrogen-bond acceptors (Lipinski definition) is 4. The second-order valence-electron chi connectivity index (χ2n) is 4.36. The molecule has 1 amide bonds. The van der Waals surface area contributed by atoms with Gasteiger partial charge in [0.25, 0.3) is 5.91 Å². The molecule has 0 unspecified atom stereocenters. The molecule has 0 atom stereocenters. The number of nitrogens with one attached hydrogen (secondary N) is 1. The monoisotopic (exact) mass is 260 g/mol. The fourth-order valence-electron chi connectivity index (χ4n) is 1.59. The lowest BCUT2D eigenvalue weighted by molar-refractivity contribution is -0.143. The van der Waals surface area contributed by atoms with Gasteiger partial charge >= 0.3 is 5.97 Å². The van der Waals surface area contributed by atoms with Gasteiger partial charge in [0, 0.05) is 0 Å². The first-order valence-electron chi connectivity index (χ1n) is 5.73. The smallest absolute Gasteiger partial charge is 0.329 e. The highest BCUT2D eigenvalue weighted by Crippen LogP contribution is 2.35. The Hall–Kier alpha value is -2.55. The van der Waals surface area contributed by atoms with E-state index in [1.54, 1.807) is 24.3 Å². The summed E-state index contributed by atoms with van der Waals surface area (Å²) in [6, 6.07) is 8.28. The van der Waals surface area contributed by atoms with Gasteiger partial charge in [0.15, 0.2) is 6.61 Å². The average molecular weight is 260 g/mol. The van der Waals surface area contributed by atoms with E-state index in [-0.39, 0.29) is 6.61 Å². The van der Waals surface area contributed by atoms with Crippen LogP contribution in [0.15, 0.2) is 24.3 Å². The summed E-state index contributed by atoms with van der Waals surface area (Å²) >= 11 is 0. The Balaban J connectivity index is 1.83. The van der Waals surface area contributed by atoms with Crippen LogP contribution in [0.25, 0.3) is 0 Å². The number of rotatable bonds is 5. The second kappa shape index (κ2) is 4.98. The summed E-state index contributed by atoms with van der Waals surface area (Å²) in [7, 11) is 0. The molecule has 98 valence electrons. The molecule has 0 radical (unpaired) electrons. The number of carbonyl (C=O) groups is 2. The van der Waals surface area contributed by atoms with Crippen molar-refractivity contribution in [2.75, 3.05) is 6.61 Å². The number of amides is 1. The van der Waals surface area contributed by atoms with Gasteiger partial charge in [0.2, 0.25) is 0 Å². The lowest BCUT2D eigenvalue weighted by atomic mass is 10.2. The lowest BCUT2D eigenvalue weighted by Crippen LogP contribution is -2.45. The van der Waals surface area contributed by atoms with Crippen LogP contribution < -0.4 is 10.1 Å². The zero-order valence-electron chi connectivity index (χ0n) is 10.0. The molecule has 6 nitrogen and oxygen atoms in total. The molecule has 1 aromatic carbocycles. The van der Waals surface area contributed by atoms with Gasteiger partial charge in [-0.25, -0.2) is 4.79 Å². The summed E-state index contributed by atoms with van der Waals surface area (Å²) in [5.74, 6) is -1.03. The molecule has 0 spiro atoms. The minimum atomic E-state index is -1.09. The summed E-state index contributed by atoms with van der Waals surface area (Å²) in [5.41, 5.74) is -0.593. The molecule has 0 aromatic heterocycles. The fourth-order valence-corrected chi connectivity index (χ4v) is 1.59. The third kappa shape index (κ3) is 3.01. The van der Waals surface area contributed by atoms with Crippen LogP contribution in [-0.2, 0) is 9.59 Å². The number of carbonyl (C=O) groups excluding carboxylic acids is 1. The van der Waals surface area contributed by atoms with Crippen LogP contribution in [0, 0.1) is 11.3 Å². The van der Waals surface area contributed by atoms with E-state index < -0.39 is 17.4 Å². The third-order valence-corrected chi connectivity index (χ3v) is 2.89. The van der Waals surface area contributed by atoms with Gasteiger partial charge in [-0.15, -0.1) is 0 Å². The van der Waals surface area contributed by atoms with E-state index in [1.165, 1.54) is 0 Å². The van der Waals surface area contributed by atoms with Gasteiger partial charge in [0.1, 0.15) is 11.3 Å². The first kappa shape index (κ1) is 12.9. The highest BCUT2D eigenvalue weighted by Gasteiger charge is 2.51. The average Bonchev–Trinajstić information content (AvgIpc) is 3.18. The topological polar surface area (TPSA) is 99.4 Å². The normalized spacial score (nSPS) is 15.1. The molecule has 0 aliphatic heterocycles. The Bertz CT molecular complexity index is 541. The van der Waals surface area contributed by atoms with E-state index in [9.17, 15) is 9.59 Å². The molecular weight excluding hydrogens is 248 g/mol. The van der Waals surface area contributed by atoms with Crippen molar-refractivity contribution < 1.29 is 19.4 Å². The Morgan fingerprint density at radius 2 is 2.00 bits per heavy atom. The zero-order chi connectivity index (χ0) is 13.9. The van der Waals surface area contributed by atoms with Crippen LogP contribution in [0.1, 0.15) is 18.4 Å². The number of nitriles is 1. The maximum absolute atomic E-state index is 11.5. The van der Waals surface area contributed by atoms with Crippen molar-refractivity contribution in [3.05, 3.63) is 29.8 Å². The summed E-state index contributed by atoms with van der Waals surface area (Å²) in [6.45, 7) is -0.249. The first-order chi connectivity index (χ1) is 9.05. The van der Waals surface area contributed by atoms with E-state index in [1.807, 2.05) is 6.07 Å². The summed E-state index contributed by atoms with van der Waals surface area (Å²) in [6.07, 6.45) is 0.899. The summed E-state index contributed by atoms with van der Waals surface area (Å²) < 4.78 is 5.21. The van der Waals surface area contributed by atoms with E-state index >= 15 is 0 Å². The molecule has 1 aliphatic carbocycles. The van der Waals surface area contributed by atoms with Crippen LogP contribution in [0.4, 0.5) is 0 Å². The number of carboxylic acids is 1. The van der Waals surface area contributed by atoms with E-state index in [0.717, 1.165) is 0 Å². The van der Waals surface area contributed by atoms with Crippen LogP contribution in [-0.4, -0.2) is 29.1 Å². The SMILES string of the molecule is N#Cc1ccc(OCC(=O)NC2(C(=O)O)CC2)cc1. The predicted molar refractivity (Wildman–Crippen MR) is 64.4 cm³/mol. The Morgan fingerprint density at radius 1 is 1.37 bits per heavy atom. The molecule has 19 heavy (non-hydrogen) atoms. The third-order valence-electron chi connectivity index (χ3n) is 2.89. The van der Waals surface area contributed by atoms with Crippen molar-refractivity contribution >= 4 is 11.9 Å². The molecular formula is C13H12N2O4. The van der Waals surface area contributed by atoms with Crippen molar-refractivity contribution in [2.45, 2.75) is 18.4 Å². The van der Waals surface area contributed by atoms with Gasteiger partial charge < -0.3 is 15.2 Å². The van der Waals surface area contributed by atoms with Crippen LogP contribution in [0.2, 0.25) is 0 Å². The van der Waals surface area contributed by atoms with Crippen molar-refractivity contribution in [1.82, 2.24) is 5.32 Å². The minimum absolute atomic E-state index is 0.249. The van der Waals surface area contributed by atoms with E-state index in [0.29, 0.717) is 24.2 Å². The molecule has 1 fully saturated rings. The number of carboxylic acid groups (broad SMARTS) is 1. The van der Waals surface area contributed by atoms with E-state index in [4.69, 9.17) is 15.1 Å². The predicted octanol–water partition coefficient (Wildman–Crippen LogP) is 0.670. The van der Waals surface area contributed by atoms with Crippen LogP contribution >= 0.6 is 0 Å². The van der Waals surface area contributed by atoms with E-state index in [2.05, 4.69) is 5.32 Å². The summed E-state index contributed by atoms with van der Waals surface area (Å²) in [5, 5.41) is 20.0. The van der Waals surface area contributed by atoms with Crippen LogP contribution in [0.3, 0.4) is 0 Å². The number of aliphatic carboxylic acids is 1. The number of ether oxygens (including phenoxy) is 1. The zero-order valence-corrected chi connectivity index (χ0v) is 10.0. The molecule has 0 heterocycles. The highest BCUT2D eigenvalue weighted by atomic mass is 16.5. The molecule has 1 aromatic rings. The van der Waals surface area contributed by atoms with Crippen molar-refractivity contribution in [1.29, 1.82) is 5.26 Å². The Labute approximate surface area is 109 Å². The fraction of sp³-hybridized carbons (Fsp3) is 0.308. The maximum Gasteiger partial charge on any atom is 0.329 e.